The van der Waals surface area contributed by atoms with E-state index in [1.54, 1.807) is 6.20 Å². The lowest BCUT2D eigenvalue weighted by Crippen LogP contribution is -2.14. The molecule has 0 amide bonds. The second-order valence-corrected chi connectivity index (χ2v) is 6.40. The first-order valence-electron chi connectivity index (χ1n) is 8.61. The summed E-state index contributed by atoms with van der Waals surface area (Å²) in [6, 6.07) is 18.4. The van der Waals surface area contributed by atoms with Gasteiger partial charge in [0.15, 0.2) is 0 Å². The quantitative estimate of drug-likeness (QED) is 0.562. The minimum Gasteiger partial charge on any atom is -0.328 e. The Morgan fingerprint density at radius 3 is 2.65 bits per heavy atom. The van der Waals surface area contributed by atoms with Crippen LogP contribution in [0, 0.1) is 18.3 Å². The first-order chi connectivity index (χ1) is 12.7. The van der Waals surface area contributed by atoms with Crippen LogP contribution in [-0.4, -0.2) is 19.1 Å². The standard InChI is InChI=1S/C21H19N5/c1-15(18-6-4-3-5-7-18)26-20-12-17(13-22)8-9-19(20)24-21(26)14-25-11-10-23-16(25)2/h3-12,15H,14H2,1-2H3/t15-/m1/s1. The van der Waals surface area contributed by atoms with Gasteiger partial charge in [-0.05, 0) is 37.6 Å². The molecule has 0 N–H and O–H groups in total. The van der Waals surface area contributed by atoms with Crippen LogP contribution in [-0.2, 0) is 6.54 Å². The third-order valence-electron chi connectivity index (χ3n) is 4.80. The summed E-state index contributed by atoms with van der Waals surface area (Å²) in [5.74, 6) is 1.90. The van der Waals surface area contributed by atoms with Crippen molar-refractivity contribution in [1.29, 1.82) is 5.26 Å². The molecule has 0 spiro atoms. The van der Waals surface area contributed by atoms with E-state index < -0.39 is 0 Å². The number of nitrogens with zero attached hydrogens (tertiary/aromatic N) is 5. The Kier molecular flexibility index (Phi) is 4.02. The molecule has 0 fully saturated rings. The van der Waals surface area contributed by atoms with Crippen molar-refractivity contribution in [1.82, 2.24) is 19.1 Å². The molecule has 0 bridgehead atoms. The van der Waals surface area contributed by atoms with Crippen molar-refractivity contribution in [3.05, 3.63) is 83.7 Å². The van der Waals surface area contributed by atoms with Crippen molar-refractivity contribution in [2.24, 2.45) is 0 Å². The molecule has 4 aromatic rings. The lowest BCUT2D eigenvalue weighted by Gasteiger charge is -2.19. The topological polar surface area (TPSA) is 59.4 Å². The van der Waals surface area contributed by atoms with Gasteiger partial charge >= 0.3 is 0 Å². The fourth-order valence-corrected chi connectivity index (χ4v) is 3.36. The molecule has 0 aliphatic heterocycles. The van der Waals surface area contributed by atoms with E-state index in [0.29, 0.717) is 12.1 Å². The van der Waals surface area contributed by atoms with E-state index in [4.69, 9.17) is 4.98 Å². The molecule has 5 heteroatoms. The first kappa shape index (κ1) is 16.1. The van der Waals surface area contributed by atoms with Crippen LogP contribution >= 0.6 is 0 Å². The molecule has 1 atom stereocenters. The maximum absolute atomic E-state index is 9.30. The molecular formula is C21H19N5. The number of imidazole rings is 2. The van der Waals surface area contributed by atoms with Crippen LogP contribution in [0.5, 0.6) is 0 Å². The molecule has 2 aromatic carbocycles. The second kappa shape index (κ2) is 6.49. The Morgan fingerprint density at radius 1 is 1.15 bits per heavy atom. The van der Waals surface area contributed by atoms with E-state index in [9.17, 15) is 5.26 Å². The fourth-order valence-electron chi connectivity index (χ4n) is 3.36. The number of fused-ring (bicyclic) bond motifs is 1. The van der Waals surface area contributed by atoms with E-state index in [2.05, 4.69) is 39.2 Å². The SMILES string of the molecule is Cc1nccn1Cc1nc2ccc(C#N)cc2n1[C@H](C)c1ccccc1. The third-order valence-corrected chi connectivity index (χ3v) is 4.80. The Balaban J connectivity index is 1.90. The highest BCUT2D eigenvalue weighted by molar-refractivity contribution is 5.78. The van der Waals surface area contributed by atoms with Gasteiger partial charge in [0.05, 0.1) is 35.3 Å². The molecule has 0 saturated heterocycles. The van der Waals surface area contributed by atoms with Gasteiger partial charge in [0.1, 0.15) is 11.6 Å². The largest absolute Gasteiger partial charge is 0.328 e. The number of nitriles is 1. The minimum absolute atomic E-state index is 0.106. The number of hydrogen-bond donors (Lipinski definition) is 0. The summed E-state index contributed by atoms with van der Waals surface area (Å²) in [6.45, 7) is 4.79. The van der Waals surface area contributed by atoms with Crippen LogP contribution < -0.4 is 0 Å². The predicted molar refractivity (Wildman–Crippen MR) is 101 cm³/mol. The van der Waals surface area contributed by atoms with Crippen LogP contribution in [0.25, 0.3) is 11.0 Å². The fraction of sp³-hybridized carbons (Fsp3) is 0.190. The molecule has 0 aliphatic carbocycles. The Hall–Kier alpha value is -3.39. The van der Waals surface area contributed by atoms with Gasteiger partial charge in [-0.15, -0.1) is 0 Å². The van der Waals surface area contributed by atoms with Gasteiger partial charge in [0, 0.05) is 12.4 Å². The first-order valence-corrected chi connectivity index (χ1v) is 8.61. The van der Waals surface area contributed by atoms with E-state index in [-0.39, 0.29) is 6.04 Å². The molecule has 2 heterocycles. The van der Waals surface area contributed by atoms with Gasteiger partial charge in [-0.1, -0.05) is 30.3 Å². The Bertz CT molecular complexity index is 1100. The summed E-state index contributed by atoms with van der Waals surface area (Å²) in [7, 11) is 0. The third kappa shape index (κ3) is 2.76. The van der Waals surface area contributed by atoms with E-state index >= 15 is 0 Å². The van der Waals surface area contributed by atoms with Crippen molar-refractivity contribution in [3.63, 3.8) is 0 Å². The van der Waals surface area contributed by atoms with Crippen LogP contribution in [0.1, 0.15) is 35.7 Å². The molecule has 4 rings (SSSR count). The number of aromatic nitrogens is 4. The lowest BCUT2D eigenvalue weighted by atomic mass is 10.1. The molecule has 5 nitrogen and oxygen atoms in total. The van der Waals surface area contributed by atoms with Crippen molar-refractivity contribution in [2.75, 3.05) is 0 Å². The summed E-state index contributed by atoms with van der Waals surface area (Å²) in [5.41, 5.74) is 3.73. The van der Waals surface area contributed by atoms with Gasteiger partial charge in [0.25, 0.3) is 0 Å². The molecule has 0 radical (unpaired) electrons. The van der Waals surface area contributed by atoms with E-state index in [1.807, 2.05) is 49.5 Å². The van der Waals surface area contributed by atoms with Crippen LogP contribution in [0.2, 0.25) is 0 Å². The van der Waals surface area contributed by atoms with Crippen molar-refractivity contribution >= 4 is 11.0 Å². The molecular weight excluding hydrogens is 322 g/mol. The van der Waals surface area contributed by atoms with Crippen LogP contribution in [0.3, 0.4) is 0 Å². The zero-order chi connectivity index (χ0) is 18.1. The monoisotopic (exact) mass is 341 g/mol. The maximum Gasteiger partial charge on any atom is 0.130 e. The Labute approximate surface area is 152 Å². The Morgan fingerprint density at radius 2 is 1.96 bits per heavy atom. The zero-order valence-electron chi connectivity index (χ0n) is 14.8. The second-order valence-electron chi connectivity index (χ2n) is 6.40. The predicted octanol–water partition coefficient (Wildman–Crippen LogP) is 4.07. The number of aryl methyl sites for hydroxylation is 1. The highest BCUT2D eigenvalue weighted by atomic mass is 15.2. The van der Waals surface area contributed by atoms with E-state index in [0.717, 1.165) is 22.7 Å². The number of rotatable bonds is 4. The smallest absolute Gasteiger partial charge is 0.130 e. The summed E-state index contributed by atoms with van der Waals surface area (Å²) in [6.07, 6.45) is 3.77. The van der Waals surface area contributed by atoms with Gasteiger partial charge in [-0.2, -0.15) is 5.26 Å². The molecule has 26 heavy (non-hydrogen) atoms. The van der Waals surface area contributed by atoms with Crippen molar-refractivity contribution in [3.8, 4) is 6.07 Å². The molecule has 0 saturated carbocycles. The molecule has 0 unspecified atom stereocenters. The summed E-state index contributed by atoms with van der Waals surface area (Å²) in [5, 5.41) is 9.30. The van der Waals surface area contributed by atoms with Gasteiger partial charge in [0.2, 0.25) is 0 Å². The van der Waals surface area contributed by atoms with Crippen molar-refractivity contribution < 1.29 is 0 Å². The maximum atomic E-state index is 9.30. The average Bonchev–Trinajstić information content (AvgIpc) is 3.24. The van der Waals surface area contributed by atoms with Crippen LogP contribution in [0.15, 0.2) is 60.9 Å². The van der Waals surface area contributed by atoms with Gasteiger partial charge in [-0.3, -0.25) is 0 Å². The van der Waals surface area contributed by atoms with E-state index in [1.165, 1.54) is 5.56 Å². The lowest BCUT2D eigenvalue weighted by molar-refractivity contribution is 0.591. The highest BCUT2D eigenvalue weighted by Crippen LogP contribution is 2.27. The van der Waals surface area contributed by atoms with Gasteiger partial charge < -0.3 is 9.13 Å². The number of hydrogen-bond acceptors (Lipinski definition) is 3. The summed E-state index contributed by atoms with van der Waals surface area (Å²) < 4.78 is 4.31. The highest BCUT2D eigenvalue weighted by Gasteiger charge is 2.18. The van der Waals surface area contributed by atoms with Gasteiger partial charge in [-0.25, -0.2) is 9.97 Å². The summed E-state index contributed by atoms with van der Waals surface area (Å²) in [4.78, 5) is 9.17. The van der Waals surface area contributed by atoms with Crippen molar-refractivity contribution in [2.45, 2.75) is 26.4 Å². The number of benzene rings is 2. The summed E-state index contributed by atoms with van der Waals surface area (Å²) >= 11 is 0. The minimum atomic E-state index is 0.106. The average molecular weight is 341 g/mol. The molecule has 128 valence electrons. The normalized spacial score (nSPS) is 12.2. The zero-order valence-corrected chi connectivity index (χ0v) is 14.8. The van der Waals surface area contributed by atoms with Crippen LogP contribution in [0.4, 0.5) is 0 Å². The molecule has 2 aromatic heterocycles. The molecule has 0 aliphatic rings.